The van der Waals surface area contributed by atoms with Crippen molar-refractivity contribution in [2.75, 3.05) is 130 Å². The normalized spacial score (nSPS) is 18.6. The molecule has 2 aromatic rings. The van der Waals surface area contributed by atoms with Crippen LogP contribution in [0.1, 0.15) is 69.9 Å². The van der Waals surface area contributed by atoms with Crippen molar-refractivity contribution < 1.29 is 91.3 Å². The second kappa shape index (κ2) is 32.0. The number of hydrogen-bond donors (Lipinski definition) is 2. The molecular weight excluding hydrogens is 1050 g/mol. The third-order valence-corrected chi connectivity index (χ3v) is 15.3. The van der Waals surface area contributed by atoms with E-state index in [1.165, 1.54) is 30.3 Å². The van der Waals surface area contributed by atoms with Crippen molar-refractivity contribution in [1.82, 2.24) is 0 Å². The lowest BCUT2D eigenvalue weighted by Gasteiger charge is -2.30. The van der Waals surface area contributed by atoms with E-state index in [9.17, 15) is 48.8 Å². The predicted octanol–water partition coefficient (Wildman–Crippen LogP) is 5.28. The smallest absolute Gasteiger partial charge is 0.303 e. The van der Waals surface area contributed by atoms with E-state index in [2.05, 4.69) is 4.90 Å². The Labute approximate surface area is 448 Å². The van der Waals surface area contributed by atoms with Gasteiger partial charge in [-0.05, 0) is 81.5 Å². The number of ether oxygens (including phenoxy) is 8. The molecule has 2 aliphatic rings. The third kappa shape index (κ3) is 20.5. The van der Waals surface area contributed by atoms with Crippen LogP contribution in [0.4, 0.5) is 11.4 Å². The Kier molecular flexibility index (Phi) is 27.0. The summed E-state index contributed by atoms with van der Waals surface area (Å²) in [5.74, 6) is -1.42. The monoisotopic (exact) mass is 1130 g/mol. The number of fused-ring (bicyclic) bond motifs is 2. The topological polar surface area (TPSA) is 286 Å². The molecule has 76 heavy (non-hydrogen) atoms. The van der Waals surface area contributed by atoms with Crippen molar-refractivity contribution in [2.45, 2.75) is 79.4 Å². The Balaban J connectivity index is 1.63. The van der Waals surface area contributed by atoms with Gasteiger partial charge in [0.15, 0.2) is 5.71 Å². The Morgan fingerprint density at radius 2 is 1.11 bits per heavy atom. The average molecular weight is 1130 g/mol. The first-order chi connectivity index (χ1) is 36.2. The summed E-state index contributed by atoms with van der Waals surface area (Å²) in [6.07, 6.45) is 15.1. The molecule has 2 N–H and O–H groups in total. The number of nitrogens with zero attached hydrogens (tertiary/aromatic N) is 2. The maximum absolute atomic E-state index is 12.3. The van der Waals surface area contributed by atoms with Crippen LogP contribution >= 0.6 is 0 Å². The maximum atomic E-state index is 12.3. The highest BCUT2D eigenvalue weighted by atomic mass is 32.2. The van der Waals surface area contributed by atoms with Gasteiger partial charge in [-0.2, -0.15) is 13.0 Å². The Morgan fingerprint density at radius 1 is 0.618 bits per heavy atom. The Hall–Kier alpha value is -4.25. The molecular formula is C52H75N2O19S3-. The Bertz CT molecular complexity index is 2670. The standard InChI is InChI=1S/C52H76N2O19S3/c1-51(21-25-68-31-33-72-37-35-70-29-27-66-3)44-40-42(75(60,61)62)17-19-46(44)53(23-12-8-11-16-50(55)56)48(51)14-9-6-5-7-10-15-49-52(2,22-26-69-32-34-73-38-36-71-30-28-67-4)45-41-43(76(63,64)65)18-20-47(45)54(49)24-13-39-74(57,58)59/h5-7,9-10,14-15,17-20,40-41H,8,11-13,16,21-39H2,1-4H3,(H3-,55,56,57,58,59,60,61,62,63,64,65)/p-1. The van der Waals surface area contributed by atoms with E-state index in [1.807, 2.05) is 36.7 Å². The Morgan fingerprint density at radius 3 is 1.63 bits per heavy atom. The van der Waals surface area contributed by atoms with Crippen LogP contribution in [-0.2, 0) is 83.9 Å². The molecule has 0 radical (unpaired) electrons. The molecule has 2 aliphatic heterocycles. The zero-order valence-electron chi connectivity index (χ0n) is 43.9. The summed E-state index contributed by atoms with van der Waals surface area (Å²) in [6.45, 7) is 9.39. The van der Waals surface area contributed by atoms with Crippen molar-refractivity contribution in [3.8, 4) is 0 Å². The fourth-order valence-electron chi connectivity index (χ4n) is 8.92. The summed E-state index contributed by atoms with van der Waals surface area (Å²) in [6, 6.07) is 8.40. The van der Waals surface area contributed by atoms with E-state index in [4.69, 9.17) is 37.9 Å². The van der Waals surface area contributed by atoms with Crippen LogP contribution < -0.4 is 4.90 Å². The molecule has 24 heteroatoms. The molecule has 21 nitrogen and oxygen atoms in total. The van der Waals surface area contributed by atoms with Crippen LogP contribution in [-0.4, -0.2) is 186 Å². The van der Waals surface area contributed by atoms with Crippen molar-refractivity contribution >= 4 is 53.4 Å². The summed E-state index contributed by atoms with van der Waals surface area (Å²) in [4.78, 5) is 12.5. The van der Waals surface area contributed by atoms with Gasteiger partial charge in [0, 0.05) is 81.3 Å². The first-order valence-corrected chi connectivity index (χ1v) is 29.6. The number of anilines is 1. The van der Waals surface area contributed by atoms with Crippen LogP contribution in [0.3, 0.4) is 0 Å². The van der Waals surface area contributed by atoms with Gasteiger partial charge in [-0.3, -0.25) is 9.35 Å². The first kappa shape index (κ1) is 64.3. The molecule has 2 heterocycles. The highest BCUT2D eigenvalue weighted by molar-refractivity contribution is 7.86. The van der Waals surface area contributed by atoms with Gasteiger partial charge in [0.25, 0.3) is 10.1 Å². The van der Waals surface area contributed by atoms with Gasteiger partial charge < -0.3 is 57.0 Å². The molecule has 2 unspecified atom stereocenters. The predicted molar refractivity (Wildman–Crippen MR) is 281 cm³/mol. The van der Waals surface area contributed by atoms with E-state index < -0.39 is 57.8 Å². The number of benzene rings is 2. The molecule has 0 aromatic heterocycles. The molecule has 0 amide bonds. The SMILES string of the molecule is COCCOCCOCCOCCC1(C)C(=CC=CC=CC=CC2=[N+](CCCS(=O)(=O)O)c3ccc(S(=O)(=O)[O-])cc3C2(C)CCOCCOCCOCCOC)N(CCCCCC(=O)O)c2ccc(S(=O)(=O)[O-])cc21. The van der Waals surface area contributed by atoms with Crippen LogP contribution in [0.2, 0.25) is 0 Å². The minimum Gasteiger partial charge on any atom is -0.744 e. The number of hydrogen-bond acceptors (Lipinski definition) is 18. The van der Waals surface area contributed by atoms with E-state index in [1.54, 1.807) is 44.6 Å². The maximum Gasteiger partial charge on any atom is 0.303 e. The molecule has 0 spiro atoms. The van der Waals surface area contributed by atoms with Crippen molar-refractivity contribution in [2.24, 2.45) is 0 Å². The molecule has 426 valence electrons. The van der Waals surface area contributed by atoms with E-state index in [-0.39, 0.29) is 57.3 Å². The molecule has 0 saturated carbocycles. The molecule has 2 aromatic carbocycles. The van der Waals surface area contributed by atoms with Crippen molar-refractivity contribution in [3.63, 3.8) is 0 Å². The van der Waals surface area contributed by atoms with Crippen molar-refractivity contribution in [3.05, 3.63) is 95.8 Å². The van der Waals surface area contributed by atoms with Gasteiger partial charge in [0.05, 0.1) is 100 Å². The van der Waals surface area contributed by atoms with Crippen molar-refractivity contribution in [1.29, 1.82) is 0 Å². The second-order valence-corrected chi connectivity index (χ2v) is 22.6. The van der Waals surface area contributed by atoms with E-state index in [0.717, 1.165) is 5.70 Å². The summed E-state index contributed by atoms with van der Waals surface area (Å²) in [5.41, 5.74) is 2.06. The quantitative estimate of drug-likeness (QED) is 0.0371. The summed E-state index contributed by atoms with van der Waals surface area (Å²) in [5, 5.41) is 9.23. The second-order valence-electron chi connectivity index (χ2n) is 18.3. The molecule has 0 saturated heterocycles. The van der Waals surface area contributed by atoms with Crippen LogP contribution in [0.15, 0.2) is 94.4 Å². The number of carboxylic acid groups (broad SMARTS) is 1. The highest BCUT2D eigenvalue weighted by Gasteiger charge is 2.48. The fraction of sp³-hybridized carbons (Fsp3) is 0.577. The fourth-order valence-corrected chi connectivity index (χ4v) is 10.4. The summed E-state index contributed by atoms with van der Waals surface area (Å²) in [7, 11) is -10.8. The van der Waals surface area contributed by atoms with Gasteiger partial charge in [0.2, 0.25) is 5.69 Å². The number of carbonyl (C=O) groups is 1. The van der Waals surface area contributed by atoms with Crippen LogP contribution in [0.5, 0.6) is 0 Å². The largest absolute Gasteiger partial charge is 0.744 e. The molecule has 0 aliphatic carbocycles. The van der Waals surface area contributed by atoms with Gasteiger partial charge in [-0.25, -0.2) is 16.8 Å². The minimum absolute atomic E-state index is 0.0200. The number of rotatable bonds is 40. The number of allylic oxidation sites excluding steroid dienone is 8. The van der Waals surface area contributed by atoms with Gasteiger partial charge in [-0.1, -0.05) is 36.8 Å². The van der Waals surface area contributed by atoms with Gasteiger partial charge >= 0.3 is 5.97 Å². The lowest BCUT2D eigenvalue weighted by Crippen LogP contribution is -2.33. The van der Waals surface area contributed by atoms with Gasteiger partial charge in [-0.15, -0.1) is 0 Å². The van der Waals surface area contributed by atoms with E-state index in [0.29, 0.717) is 126 Å². The van der Waals surface area contributed by atoms with Gasteiger partial charge in [0.1, 0.15) is 26.8 Å². The summed E-state index contributed by atoms with van der Waals surface area (Å²) < 4.78 is 153. The number of unbranched alkanes of at least 4 members (excludes halogenated alkanes) is 2. The average Bonchev–Trinajstić information content (AvgIpc) is 3.74. The zero-order valence-corrected chi connectivity index (χ0v) is 46.4. The number of carboxylic acids is 1. The molecule has 2 atom stereocenters. The van der Waals surface area contributed by atoms with Crippen LogP contribution in [0.25, 0.3) is 0 Å². The first-order valence-electron chi connectivity index (χ1n) is 25.1. The zero-order chi connectivity index (χ0) is 55.7. The summed E-state index contributed by atoms with van der Waals surface area (Å²) >= 11 is 0. The molecule has 0 bridgehead atoms. The third-order valence-electron chi connectivity index (χ3n) is 12.8. The highest BCUT2D eigenvalue weighted by Crippen LogP contribution is 2.51. The molecule has 0 fully saturated rings. The van der Waals surface area contributed by atoms with Crippen LogP contribution in [0, 0.1) is 0 Å². The minimum atomic E-state index is -4.86. The number of aliphatic carboxylic acids is 1. The molecule has 4 rings (SSSR count). The van der Waals surface area contributed by atoms with E-state index >= 15 is 0 Å². The lowest BCUT2D eigenvalue weighted by molar-refractivity contribution is -0.437. The number of methoxy groups -OCH3 is 2. The lowest BCUT2D eigenvalue weighted by atomic mass is 9.76.